The number of carbonyl (C=O) groups is 1. The number of aryl methyl sites for hydroxylation is 1. The third-order valence-corrected chi connectivity index (χ3v) is 7.74. The van der Waals surface area contributed by atoms with Crippen LogP contribution in [0.15, 0.2) is 48.0 Å². The molecule has 1 aliphatic carbocycles. The Balaban J connectivity index is 1.49. The number of imidazole rings is 1. The molecule has 0 fully saturated rings. The molecule has 9 heteroatoms. The van der Waals surface area contributed by atoms with Crippen LogP contribution in [0.25, 0.3) is 11.2 Å². The van der Waals surface area contributed by atoms with Crippen molar-refractivity contribution in [3.05, 3.63) is 64.6 Å². The largest absolute Gasteiger partial charge is 0.341 e. The number of amides is 1. The Kier molecular flexibility index (Phi) is 5.40. The highest BCUT2D eigenvalue weighted by Gasteiger charge is 2.27. The van der Waals surface area contributed by atoms with Crippen LogP contribution >= 0.6 is 23.1 Å². The molecule has 1 aliphatic rings. The summed E-state index contributed by atoms with van der Waals surface area (Å²) in [5, 5.41) is 13.5. The van der Waals surface area contributed by atoms with E-state index in [4.69, 9.17) is 0 Å². The maximum Gasteiger partial charge on any atom is 0.243 e. The van der Waals surface area contributed by atoms with E-state index in [9.17, 15) is 10.1 Å². The highest BCUT2D eigenvalue weighted by atomic mass is 32.2. The third kappa shape index (κ3) is 3.80. The molecule has 0 radical (unpaired) electrons. The molecule has 1 atom stereocenters. The molecule has 7 nitrogen and oxygen atoms in total. The van der Waals surface area contributed by atoms with Crippen LogP contribution in [0.4, 0.5) is 5.00 Å². The van der Waals surface area contributed by atoms with E-state index in [1.807, 2.05) is 30.3 Å². The molecule has 31 heavy (non-hydrogen) atoms. The Morgan fingerprint density at radius 3 is 2.87 bits per heavy atom. The molecule has 154 valence electrons. The van der Waals surface area contributed by atoms with Crippen molar-refractivity contribution in [2.45, 2.75) is 36.0 Å². The summed E-state index contributed by atoms with van der Waals surface area (Å²) < 4.78 is 0. The van der Waals surface area contributed by atoms with Gasteiger partial charge in [-0.25, -0.2) is 15.0 Å². The quantitative estimate of drug-likeness (QED) is 0.342. The number of thioether (sulfide) groups is 1. The first kappa shape index (κ1) is 19.7. The predicted octanol–water partition coefficient (Wildman–Crippen LogP) is 4.64. The van der Waals surface area contributed by atoms with Crippen LogP contribution in [-0.2, 0) is 17.6 Å². The van der Waals surface area contributed by atoms with Crippen LogP contribution in [0.5, 0.6) is 0 Å². The van der Waals surface area contributed by atoms with Crippen molar-refractivity contribution in [3.63, 3.8) is 0 Å². The van der Waals surface area contributed by atoms with E-state index in [1.54, 1.807) is 6.33 Å². The first-order chi connectivity index (χ1) is 15.2. The van der Waals surface area contributed by atoms with Gasteiger partial charge in [0.25, 0.3) is 0 Å². The molecule has 5 rings (SSSR count). The number of nitrogens with one attached hydrogen (secondary N) is 2. The summed E-state index contributed by atoms with van der Waals surface area (Å²) in [6, 6.07) is 11.9. The fourth-order valence-electron chi connectivity index (χ4n) is 3.79. The topological polar surface area (TPSA) is 107 Å². The van der Waals surface area contributed by atoms with Crippen molar-refractivity contribution in [1.82, 2.24) is 19.9 Å². The lowest BCUT2D eigenvalue weighted by Crippen LogP contribution is -2.19. The van der Waals surface area contributed by atoms with Gasteiger partial charge in [-0.05, 0) is 36.8 Å². The second kappa shape index (κ2) is 8.49. The molecule has 0 aliphatic heterocycles. The lowest BCUT2D eigenvalue weighted by atomic mass is 9.96. The average Bonchev–Trinajstić information content (AvgIpc) is 3.42. The van der Waals surface area contributed by atoms with Gasteiger partial charge in [-0.1, -0.05) is 42.1 Å². The number of rotatable bonds is 5. The Morgan fingerprint density at radius 1 is 1.19 bits per heavy atom. The maximum atomic E-state index is 13.5. The monoisotopic (exact) mass is 446 g/mol. The Labute approximate surface area is 187 Å². The molecular weight excluding hydrogens is 428 g/mol. The molecule has 0 bridgehead atoms. The fourth-order valence-corrected chi connectivity index (χ4v) is 6.10. The molecule has 0 saturated heterocycles. The minimum absolute atomic E-state index is 0.183. The minimum Gasteiger partial charge on any atom is -0.341 e. The average molecular weight is 447 g/mol. The predicted molar refractivity (Wildman–Crippen MR) is 121 cm³/mol. The van der Waals surface area contributed by atoms with Crippen LogP contribution in [0.1, 0.15) is 39.7 Å². The third-order valence-electron chi connectivity index (χ3n) is 5.28. The van der Waals surface area contributed by atoms with E-state index in [0.29, 0.717) is 26.8 Å². The van der Waals surface area contributed by atoms with Crippen molar-refractivity contribution in [3.8, 4) is 6.07 Å². The number of fused-ring (bicyclic) bond motifs is 2. The lowest BCUT2D eigenvalue weighted by molar-refractivity contribution is -0.115. The summed E-state index contributed by atoms with van der Waals surface area (Å²) in [6.07, 6.45) is 7.10. The summed E-state index contributed by atoms with van der Waals surface area (Å²) in [5.41, 5.74) is 3.83. The zero-order chi connectivity index (χ0) is 21.2. The number of nitriles is 1. The molecule has 0 spiro atoms. The second-order valence-corrected chi connectivity index (χ2v) is 9.40. The van der Waals surface area contributed by atoms with E-state index in [1.165, 1.54) is 34.3 Å². The SMILES string of the molecule is N#Cc1c(NC(=O)C(Sc2ncnc3nc[nH]c23)c2ccccc2)sc2c1CCCC2. The molecule has 4 aromatic rings. The maximum absolute atomic E-state index is 13.5. The summed E-state index contributed by atoms with van der Waals surface area (Å²) in [7, 11) is 0. The van der Waals surface area contributed by atoms with Crippen LogP contribution in [-0.4, -0.2) is 25.8 Å². The second-order valence-electron chi connectivity index (χ2n) is 7.20. The van der Waals surface area contributed by atoms with Gasteiger partial charge in [-0.2, -0.15) is 5.26 Å². The number of benzene rings is 1. The van der Waals surface area contributed by atoms with Crippen LogP contribution in [0.3, 0.4) is 0 Å². The zero-order valence-electron chi connectivity index (χ0n) is 16.5. The van der Waals surface area contributed by atoms with Crippen LogP contribution < -0.4 is 5.32 Å². The number of hydrogen-bond donors (Lipinski definition) is 2. The van der Waals surface area contributed by atoms with Gasteiger partial charge in [0, 0.05) is 4.88 Å². The minimum atomic E-state index is -0.548. The highest BCUT2D eigenvalue weighted by molar-refractivity contribution is 8.00. The van der Waals surface area contributed by atoms with Crippen molar-refractivity contribution in [1.29, 1.82) is 5.26 Å². The first-order valence-electron chi connectivity index (χ1n) is 9.96. The Hall–Kier alpha value is -3.22. The summed E-state index contributed by atoms with van der Waals surface area (Å²) in [4.78, 5) is 30.4. The summed E-state index contributed by atoms with van der Waals surface area (Å²) in [5.74, 6) is -0.183. The highest BCUT2D eigenvalue weighted by Crippen LogP contribution is 2.41. The number of carbonyl (C=O) groups excluding carboxylic acids is 1. The zero-order valence-corrected chi connectivity index (χ0v) is 18.1. The number of aromatic nitrogens is 4. The number of aromatic amines is 1. The van der Waals surface area contributed by atoms with Gasteiger partial charge in [-0.3, -0.25) is 4.79 Å². The smallest absolute Gasteiger partial charge is 0.243 e. The standard InChI is InChI=1S/C22H18N6OS2/c23-10-15-14-8-4-5-9-16(14)30-21(15)28-20(29)18(13-6-2-1-3-7-13)31-22-17-19(25-11-24-17)26-12-27-22/h1-3,6-7,11-12,18H,4-5,8-9H2,(H,28,29)(H,24,25,26,27). The number of nitrogens with zero attached hydrogens (tertiary/aromatic N) is 4. The molecular formula is C22H18N6OS2. The Bertz CT molecular complexity index is 1290. The number of thiophene rings is 1. The molecule has 1 unspecified atom stereocenters. The van der Waals surface area contributed by atoms with Crippen molar-refractivity contribution >= 4 is 45.2 Å². The van der Waals surface area contributed by atoms with Gasteiger partial charge in [0.1, 0.15) is 33.2 Å². The fraction of sp³-hybridized carbons (Fsp3) is 0.227. The number of anilines is 1. The molecule has 3 heterocycles. The molecule has 2 N–H and O–H groups in total. The Morgan fingerprint density at radius 2 is 2.03 bits per heavy atom. The summed E-state index contributed by atoms with van der Waals surface area (Å²) >= 11 is 2.87. The van der Waals surface area contributed by atoms with Crippen LogP contribution in [0, 0.1) is 11.3 Å². The van der Waals surface area contributed by atoms with Gasteiger partial charge in [0.2, 0.25) is 5.91 Å². The molecule has 1 aromatic carbocycles. The van der Waals surface area contributed by atoms with E-state index in [-0.39, 0.29) is 5.91 Å². The van der Waals surface area contributed by atoms with Crippen molar-refractivity contribution < 1.29 is 4.79 Å². The lowest BCUT2D eigenvalue weighted by Gasteiger charge is -2.16. The molecule has 1 amide bonds. The number of hydrogen-bond acceptors (Lipinski definition) is 7. The van der Waals surface area contributed by atoms with Gasteiger partial charge in [0.15, 0.2) is 5.65 Å². The van der Waals surface area contributed by atoms with E-state index < -0.39 is 5.25 Å². The first-order valence-corrected chi connectivity index (χ1v) is 11.7. The van der Waals surface area contributed by atoms with Crippen molar-refractivity contribution in [2.24, 2.45) is 0 Å². The number of H-pyrrole nitrogens is 1. The van der Waals surface area contributed by atoms with Gasteiger partial charge in [0.05, 0.1) is 11.9 Å². The van der Waals surface area contributed by atoms with Crippen molar-refractivity contribution in [2.75, 3.05) is 5.32 Å². The van der Waals surface area contributed by atoms with E-state index in [0.717, 1.165) is 36.8 Å². The van der Waals surface area contributed by atoms with Gasteiger partial charge < -0.3 is 10.3 Å². The van der Waals surface area contributed by atoms with E-state index in [2.05, 4.69) is 31.3 Å². The summed E-state index contributed by atoms with van der Waals surface area (Å²) in [6.45, 7) is 0. The molecule has 3 aromatic heterocycles. The molecule has 0 saturated carbocycles. The van der Waals surface area contributed by atoms with Gasteiger partial charge >= 0.3 is 0 Å². The van der Waals surface area contributed by atoms with E-state index >= 15 is 0 Å². The normalized spacial score (nSPS) is 14.0. The van der Waals surface area contributed by atoms with Gasteiger partial charge in [-0.15, -0.1) is 11.3 Å². The van der Waals surface area contributed by atoms with Crippen LogP contribution in [0.2, 0.25) is 0 Å².